The van der Waals surface area contributed by atoms with Gasteiger partial charge in [0.1, 0.15) is 35.0 Å². The van der Waals surface area contributed by atoms with Crippen molar-refractivity contribution in [2.75, 3.05) is 37.7 Å². The fourth-order valence-electron chi connectivity index (χ4n) is 7.72. The molecule has 6 heterocycles. The minimum atomic E-state index is -3.08. The predicted molar refractivity (Wildman–Crippen MR) is 165 cm³/mol. The molecule has 2 bridgehead atoms. The molecule has 10 nitrogen and oxygen atoms in total. The van der Waals surface area contributed by atoms with Gasteiger partial charge in [0.15, 0.2) is 5.82 Å². The lowest BCUT2D eigenvalue weighted by atomic mass is 9.95. The van der Waals surface area contributed by atoms with Crippen LogP contribution in [0.3, 0.4) is 0 Å². The van der Waals surface area contributed by atoms with E-state index in [-0.39, 0.29) is 52.2 Å². The van der Waals surface area contributed by atoms with Crippen molar-refractivity contribution in [2.45, 2.75) is 89.1 Å². The average molecular weight is 641 g/mol. The van der Waals surface area contributed by atoms with E-state index in [1.807, 2.05) is 30.6 Å². The number of nitrogens with zero attached hydrogens (tertiary/aromatic N) is 6. The molecule has 4 saturated heterocycles. The molecule has 0 spiro atoms. The summed E-state index contributed by atoms with van der Waals surface area (Å²) >= 11 is 0. The summed E-state index contributed by atoms with van der Waals surface area (Å²) in [5, 5.41) is 0.368. The highest BCUT2D eigenvalue weighted by atomic mass is 19.3. The van der Waals surface area contributed by atoms with Crippen molar-refractivity contribution in [1.82, 2.24) is 24.8 Å². The summed E-state index contributed by atoms with van der Waals surface area (Å²) < 4.78 is 59.6. The van der Waals surface area contributed by atoms with Crippen LogP contribution in [0, 0.1) is 5.82 Å². The van der Waals surface area contributed by atoms with Crippen molar-refractivity contribution in [3.8, 4) is 23.0 Å². The maximum Gasteiger partial charge on any atom is 0.410 e. The normalized spacial score (nSPS) is 22.5. The maximum absolute atomic E-state index is 16.5. The number of carbonyl (C=O) groups is 1. The van der Waals surface area contributed by atoms with Crippen LogP contribution < -0.4 is 14.4 Å². The van der Waals surface area contributed by atoms with Gasteiger partial charge in [0.25, 0.3) is 0 Å². The molecule has 0 saturated carbocycles. The minimum Gasteiger partial charge on any atom is -0.461 e. The van der Waals surface area contributed by atoms with Crippen molar-refractivity contribution in [3.05, 3.63) is 36.3 Å². The molecule has 2 aromatic heterocycles. The van der Waals surface area contributed by atoms with Gasteiger partial charge in [-0.25, -0.2) is 9.18 Å². The number of hydrogen-bond donors (Lipinski definition) is 0. The zero-order valence-electron chi connectivity index (χ0n) is 26.3. The molecule has 0 unspecified atom stereocenters. The second-order valence-electron chi connectivity index (χ2n) is 13.8. The van der Waals surface area contributed by atoms with Crippen LogP contribution in [0.5, 0.6) is 11.8 Å². The van der Waals surface area contributed by atoms with Crippen molar-refractivity contribution < 1.29 is 32.2 Å². The topological polar surface area (TPSA) is 93.2 Å². The van der Waals surface area contributed by atoms with Crippen LogP contribution in [0.4, 0.5) is 23.8 Å². The van der Waals surface area contributed by atoms with Crippen molar-refractivity contribution in [2.24, 2.45) is 0 Å². The Hall–Kier alpha value is -3.87. The SMILES string of the molecule is CC(C)(C)OC(=O)N1[C@@H]2CC[C@H]1CN(c1nc(OCC34CCCN3CCC4)nc3c(F)c(-c4ccccc4OC(F)F)ncc13)C2. The lowest BCUT2D eigenvalue weighted by Gasteiger charge is -2.42. The number of para-hydroxylation sites is 1. The Morgan fingerprint density at radius 3 is 2.43 bits per heavy atom. The van der Waals surface area contributed by atoms with Gasteiger partial charge in [-0.1, -0.05) is 12.1 Å². The number of rotatable bonds is 7. The van der Waals surface area contributed by atoms with E-state index in [1.54, 1.807) is 6.07 Å². The van der Waals surface area contributed by atoms with Gasteiger partial charge in [0.2, 0.25) is 0 Å². The maximum atomic E-state index is 16.5. The molecule has 13 heteroatoms. The first-order valence-corrected chi connectivity index (χ1v) is 16.1. The van der Waals surface area contributed by atoms with Gasteiger partial charge >= 0.3 is 18.7 Å². The summed E-state index contributed by atoms with van der Waals surface area (Å²) in [5.41, 5.74) is -0.794. The fourth-order valence-corrected chi connectivity index (χ4v) is 7.72. The molecule has 1 amide bonds. The number of benzene rings is 1. The van der Waals surface area contributed by atoms with Crippen molar-refractivity contribution >= 4 is 22.8 Å². The second kappa shape index (κ2) is 11.7. The average Bonchev–Trinajstić information content (AvgIpc) is 3.66. The molecule has 4 aliphatic rings. The molecule has 46 heavy (non-hydrogen) atoms. The summed E-state index contributed by atoms with van der Waals surface area (Å²) in [6.07, 6.45) is 6.99. The number of alkyl halides is 2. The summed E-state index contributed by atoms with van der Waals surface area (Å²) in [4.78, 5) is 33.2. The number of carbonyl (C=O) groups excluding carboxylic acids is 1. The fraction of sp³-hybridized carbons (Fsp3) is 0.576. The number of aromatic nitrogens is 3. The van der Waals surface area contributed by atoms with E-state index in [2.05, 4.69) is 19.6 Å². The first-order chi connectivity index (χ1) is 22.0. The molecule has 1 aromatic carbocycles. The van der Waals surface area contributed by atoms with Gasteiger partial charge in [0, 0.05) is 24.8 Å². The van der Waals surface area contributed by atoms with E-state index in [1.165, 1.54) is 24.4 Å². The van der Waals surface area contributed by atoms with E-state index in [9.17, 15) is 13.6 Å². The Labute approximate surface area is 265 Å². The third-order valence-electron chi connectivity index (χ3n) is 9.67. The Morgan fingerprint density at radius 1 is 1.07 bits per heavy atom. The van der Waals surface area contributed by atoms with Gasteiger partial charge in [-0.3, -0.25) is 14.8 Å². The van der Waals surface area contributed by atoms with Crippen LogP contribution in [0.1, 0.15) is 59.3 Å². The summed E-state index contributed by atoms with van der Waals surface area (Å²) in [7, 11) is 0. The summed E-state index contributed by atoms with van der Waals surface area (Å²) in [6, 6.07) is 5.80. The number of halogens is 3. The number of amides is 1. The molecular weight excluding hydrogens is 601 g/mol. The summed E-state index contributed by atoms with van der Waals surface area (Å²) in [6.45, 7) is 5.84. The molecular formula is C33H39F3N6O4. The highest BCUT2D eigenvalue weighted by molar-refractivity contribution is 5.92. The standard InChI is InChI=1S/C33H39F3N6O4/c1-32(2,3)46-31(43)42-20-10-11-21(42)18-40(17-20)28-23-16-37-26(22-8-4-5-9-24(22)45-29(35)36)25(34)27(23)38-30(39-28)44-19-33-12-6-14-41(33)15-7-13-33/h4-5,8-9,16,20-21,29H,6-7,10-15,17-19H2,1-3H3/t20-,21+. The monoisotopic (exact) mass is 640 g/mol. The molecule has 0 radical (unpaired) electrons. The molecule has 4 aliphatic heterocycles. The van der Waals surface area contributed by atoms with E-state index in [0.717, 1.165) is 51.6 Å². The van der Waals surface area contributed by atoms with Gasteiger partial charge in [-0.15, -0.1) is 0 Å². The minimum absolute atomic E-state index is 0.0223. The quantitative estimate of drug-likeness (QED) is 0.307. The Balaban J connectivity index is 1.27. The van der Waals surface area contributed by atoms with Gasteiger partial charge in [-0.05, 0) is 84.5 Å². The number of anilines is 1. The first-order valence-electron chi connectivity index (χ1n) is 16.1. The van der Waals surface area contributed by atoms with E-state index in [4.69, 9.17) is 14.5 Å². The van der Waals surface area contributed by atoms with Gasteiger partial charge in [-0.2, -0.15) is 18.7 Å². The Morgan fingerprint density at radius 2 is 1.76 bits per heavy atom. The third-order valence-corrected chi connectivity index (χ3v) is 9.67. The second-order valence-corrected chi connectivity index (χ2v) is 13.8. The Bertz CT molecular complexity index is 1610. The van der Waals surface area contributed by atoms with Crippen molar-refractivity contribution in [3.63, 3.8) is 0 Å². The lowest BCUT2D eigenvalue weighted by molar-refractivity contribution is -0.0494. The number of hydrogen-bond acceptors (Lipinski definition) is 9. The molecule has 0 N–H and O–H groups in total. The van der Waals surface area contributed by atoms with Gasteiger partial charge < -0.3 is 19.1 Å². The molecule has 2 atom stereocenters. The molecule has 3 aromatic rings. The van der Waals surface area contributed by atoms with Crippen LogP contribution in [-0.4, -0.2) is 93.5 Å². The van der Waals surface area contributed by atoms with E-state index in [0.29, 0.717) is 30.9 Å². The highest BCUT2D eigenvalue weighted by Crippen LogP contribution is 2.41. The molecule has 7 rings (SSSR count). The number of fused-ring (bicyclic) bond motifs is 4. The zero-order valence-corrected chi connectivity index (χ0v) is 26.3. The number of ether oxygens (including phenoxy) is 3. The molecule has 246 valence electrons. The smallest absolute Gasteiger partial charge is 0.410 e. The van der Waals surface area contributed by atoms with Crippen LogP contribution in [0.2, 0.25) is 0 Å². The molecule has 4 fully saturated rings. The third kappa shape index (κ3) is 5.67. The van der Waals surface area contributed by atoms with Crippen LogP contribution >= 0.6 is 0 Å². The van der Waals surface area contributed by atoms with E-state index < -0.39 is 18.0 Å². The van der Waals surface area contributed by atoms with E-state index >= 15 is 4.39 Å². The van der Waals surface area contributed by atoms with Crippen molar-refractivity contribution in [1.29, 1.82) is 0 Å². The van der Waals surface area contributed by atoms with Crippen LogP contribution in [0.15, 0.2) is 30.5 Å². The Kier molecular flexibility index (Phi) is 7.85. The van der Waals surface area contributed by atoms with Gasteiger partial charge in [0.05, 0.1) is 23.0 Å². The van der Waals surface area contributed by atoms with Crippen LogP contribution in [-0.2, 0) is 4.74 Å². The largest absolute Gasteiger partial charge is 0.461 e. The molecule has 0 aliphatic carbocycles. The first kappa shape index (κ1) is 30.8. The number of piperazine rings is 1. The highest BCUT2D eigenvalue weighted by Gasteiger charge is 2.46. The van der Waals surface area contributed by atoms with Crippen LogP contribution in [0.25, 0.3) is 22.2 Å². The lowest BCUT2D eigenvalue weighted by Crippen LogP contribution is -2.57. The zero-order chi connectivity index (χ0) is 32.2. The summed E-state index contributed by atoms with van der Waals surface area (Å²) in [5.74, 6) is -0.512. The predicted octanol–water partition coefficient (Wildman–Crippen LogP) is 6.03. The number of pyridine rings is 1.